The van der Waals surface area contributed by atoms with E-state index in [0.717, 1.165) is 0 Å². The van der Waals surface area contributed by atoms with Crippen molar-refractivity contribution in [2.24, 2.45) is 11.1 Å². The highest BCUT2D eigenvalue weighted by atomic mass is 16.3. The van der Waals surface area contributed by atoms with E-state index in [1.54, 1.807) is 24.3 Å². The first kappa shape index (κ1) is 14.7. The predicted octanol–water partition coefficient (Wildman–Crippen LogP) is 1.21. The summed E-state index contributed by atoms with van der Waals surface area (Å²) in [6, 6.07) is 8.69. The molecular formula is C14H22N2O2. The Hall–Kier alpha value is -1.39. The summed E-state index contributed by atoms with van der Waals surface area (Å²) in [5.74, 6) is -0.411. The van der Waals surface area contributed by atoms with Crippen LogP contribution < -0.4 is 11.1 Å². The van der Waals surface area contributed by atoms with Crippen molar-refractivity contribution in [1.29, 1.82) is 0 Å². The minimum Gasteiger partial charge on any atom is -0.378 e. The minimum absolute atomic E-state index is 0.138. The highest BCUT2D eigenvalue weighted by molar-refractivity contribution is 5.82. The first-order chi connectivity index (χ1) is 8.36. The molecule has 0 aliphatic heterocycles. The van der Waals surface area contributed by atoms with Gasteiger partial charge in [-0.25, -0.2) is 0 Å². The SMILES string of the molecule is CC(C)(C)C(CN)NC(=O)C(O)c1ccccc1. The van der Waals surface area contributed by atoms with Crippen molar-refractivity contribution in [2.45, 2.75) is 32.9 Å². The molecule has 0 bridgehead atoms. The van der Waals surface area contributed by atoms with E-state index >= 15 is 0 Å². The molecule has 0 aliphatic rings. The molecule has 0 heterocycles. The van der Waals surface area contributed by atoms with Gasteiger partial charge in [-0.2, -0.15) is 0 Å². The monoisotopic (exact) mass is 250 g/mol. The van der Waals surface area contributed by atoms with Crippen LogP contribution in [0.3, 0.4) is 0 Å². The van der Waals surface area contributed by atoms with Gasteiger partial charge in [-0.15, -0.1) is 0 Å². The van der Waals surface area contributed by atoms with Gasteiger partial charge in [-0.3, -0.25) is 4.79 Å². The third-order valence-corrected chi connectivity index (χ3v) is 2.96. The molecule has 100 valence electrons. The van der Waals surface area contributed by atoms with Crippen LogP contribution in [-0.4, -0.2) is 23.6 Å². The van der Waals surface area contributed by atoms with Crippen LogP contribution in [0, 0.1) is 5.41 Å². The predicted molar refractivity (Wildman–Crippen MR) is 71.8 cm³/mol. The highest BCUT2D eigenvalue weighted by Crippen LogP contribution is 2.20. The molecule has 0 aliphatic carbocycles. The van der Waals surface area contributed by atoms with Crippen molar-refractivity contribution in [3.8, 4) is 0 Å². The lowest BCUT2D eigenvalue weighted by molar-refractivity contribution is -0.131. The van der Waals surface area contributed by atoms with E-state index in [0.29, 0.717) is 12.1 Å². The fourth-order valence-corrected chi connectivity index (χ4v) is 1.67. The van der Waals surface area contributed by atoms with Crippen molar-refractivity contribution in [3.63, 3.8) is 0 Å². The number of carbonyl (C=O) groups is 1. The Labute approximate surface area is 108 Å². The molecule has 1 rings (SSSR count). The van der Waals surface area contributed by atoms with E-state index in [1.165, 1.54) is 0 Å². The Morgan fingerprint density at radius 1 is 1.33 bits per heavy atom. The topological polar surface area (TPSA) is 75.3 Å². The van der Waals surface area contributed by atoms with Crippen molar-refractivity contribution in [1.82, 2.24) is 5.32 Å². The highest BCUT2D eigenvalue weighted by Gasteiger charge is 2.27. The Kier molecular flexibility index (Phi) is 4.87. The summed E-state index contributed by atoms with van der Waals surface area (Å²) >= 11 is 0. The summed E-state index contributed by atoms with van der Waals surface area (Å²) in [6.07, 6.45) is -1.15. The average molecular weight is 250 g/mol. The number of benzene rings is 1. The third kappa shape index (κ3) is 3.82. The van der Waals surface area contributed by atoms with Crippen LogP contribution in [0.4, 0.5) is 0 Å². The second kappa shape index (κ2) is 5.98. The van der Waals surface area contributed by atoms with Crippen LogP contribution in [0.5, 0.6) is 0 Å². The molecule has 0 radical (unpaired) electrons. The van der Waals surface area contributed by atoms with Crippen molar-refractivity contribution in [2.75, 3.05) is 6.54 Å². The van der Waals surface area contributed by atoms with Crippen LogP contribution in [-0.2, 0) is 4.79 Å². The molecule has 4 nitrogen and oxygen atoms in total. The Morgan fingerprint density at radius 3 is 2.33 bits per heavy atom. The number of hydrogen-bond acceptors (Lipinski definition) is 3. The summed E-state index contributed by atoms with van der Waals surface area (Å²) in [6.45, 7) is 6.34. The molecule has 4 N–H and O–H groups in total. The number of amides is 1. The van der Waals surface area contributed by atoms with E-state index in [9.17, 15) is 9.90 Å². The lowest BCUT2D eigenvalue weighted by Gasteiger charge is -2.31. The van der Waals surface area contributed by atoms with Gasteiger partial charge in [0.15, 0.2) is 6.10 Å². The molecule has 0 saturated heterocycles. The van der Waals surface area contributed by atoms with Gasteiger partial charge in [0.2, 0.25) is 0 Å². The number of hydrogen-bond donors (Lipinski definition) is 3. The average Bonchev–Trinajstić information content (AvgIpc) is 2.34. The standard InChI is InChI=1S/C14H22N2O2/c1-14(2,3)11(9-15)16-13(18)12(17)10-7-5-4-6-8-10/h4-8,11-12,17H,9,15H2,1-3H3,(H,16,18). The van der Waals surface area contributed by atoms with Crippen molar-refractivity contribution >= 4 is 5.91 Å². The number of rotatable bonds is 4. The maximum atomic E-state index is 11.9. The summed E-state index contributed by atoms with van der Waals surface area (Å²) in [7, 11) is 0. The first-order valence-electron chi connectivity index (χ1n) is 6.09. The molecule has 2 unspecified atom stereocenters. The van der Waals surface area contributed by atoms with Crippen molar-refractivity contribution < 1.29 is 9.90 Å². The van der Waals surface area contributed by atoms with Crippen LogP contribution in [0.25, 0.3) is 0 Å². The fourth-order valence-electron chi connectivity index (χ4n) is 1.67. The number of nitrogens with one attached hydrogen (secondary N) is 1. The third-order valence-electron chi connectivity index (χ3n) is 2.96. The molecule has 2 atom stereocenters. The van der Waals surface area contributed by atoms with Crippen LogP contribution in [0.1, 0.15) is 32.4 Å². The number of aliphatic hydroxyl groups excluding tert-OH is 1. The summed E-state index contributed by atoms with van der Waals surface area (Å²) in [5.41, 5.74) is 6.09. The van der Waals surface area contributed by atoms with E-state index in [-0.39, 0.29) is 11.5 Å². The van der Waals surface area contributed by atoms with Gasteiger partial charge in [0, 0.05) is 12.6 Å². The fraction of sp³-hybridized carbons (Fsp3) is 0.500. The van der Waals surface area contributed by atoms with Gasteiger partial charge in [0.1, 0.15) is 0 Å². The molecule has 0 saturated carbocycles. The second-order valence-electron chi connectivity index (χ2n) is 5.48. The maximum Gasteiger partial charge on any atom is 0.253 e. The Morgan fingerprint density at radius 2 is 1.89 bits per heavy atom. The Bertz CT molecular complexity index is 385. The molecule has 1 aromatic carbocycles. The van der Waals surface area contributed by atoms with Gasteiger partial charge in [-0.1, -0.05) is 51.1 Å². The molecule has 1 aromatic rings. The lowest BCUT2D eigenvalue weighted by Crippen LogP contribution is -2.49. The molecule has 1 amide bonds. The zero-order chi connectivity index (χ0) is 13.8. The van der Waals surface area contributed by atoms with Gasteiger partial charge in [0.25, 0.3) is 5.91 Å². The molecule has 0 fully saturated rings. The number of carbonyl (C=O) groups excluding carboxylic acids is 1. The van der Waals surface area contributed by atoms with Gasteiger partial charge in [-0.05, 0) is 11.0 Å². The van der Waals surface area contributed by atoms with Gasteiger partial charge >= 0.3 is 0 Å². The van der Waals surface area contributed by atoms with E-state index < -0.39 is 12.0 Å². The molecule has 0 aromatic heterocycles. The number of aliphatic hydroxyl groups is 1. The Balaban J connectivity index is 2.71. The van der Waals surface area contributed by atoms with E-state index in [2.05, 4.69) is 5.32 Å². The quantitative estimate of drug-likeness (QED) is 0.752. The largest absolute Gasteiger partial charge is 0.378 e. The molecular weight excluding hydrogens is 228 g/mol. The minimum atomic E-state index is -1.15. The van der Waals surface area contributed by atoms with E-state index in [4.69, 9.17) is 5.73 Å². The second-order valence-corrected chi connectivity index (χ2v) is 5.48. The molecule has 18 heavy (non-hydrogen) atoms. The van der Waals surface area contributed by atoms with Crippen molar-refractivity contribution in [3.05, 3.63) is 35.9 Å². The van der Waals surface area contributed by atoms with Crippen LogP contribution >= 0.6 is 0 Å². The van der Waals surface area contributed by atoms with Gasteiger partial charge in [0.05, 0.1) is 0 Å². The van der Waals surface area contributed by atoms with Crippen LogP contribution in [0.15, 0.2) is 30.3 Å². The smallest absolute Gasteiger partial charge is 0.253 e. The summed E-state index contributed by atoms with van der Waals surface area (Å²) in [4.78, 5) is 11.9. The zero-order valence-electron chi connectivity index (χ0n) is 11.2. The number of nitrogens with two attached hydrogens (primary N) is 1. The first-order valence-corrected chi connectivity index (χ1v) is 6.09. The molecule has 0 spiro atoms. The maximum absolute atomic E-state index is 11.9. The van der Waals surface area contributed by atoms with Crippen LogP contribution in [0.2, 0.25) is 0 Å². The normalized spacial score (nSPS) is 14.9. The summed E-state index contributed by atoms with van der Waals surface area (Å²) < 4.78 is 0. The molecule has 4 heteroatoms. The zero-order valence-corrected chi connectivity index (χ0v) is 11.2. The summed E-state index contributed by atoms with van der Waals surface area (Å²) in [5, 5.41) is 12.7. The van der Waals surface area contributed by atoms with Gasteiger partial charge < -0.3 is 16.2 Å². The van der Waals surface area contributed by atoms with E-state index in [1.807, 2.05) is 26.8 Å². The lowest BCUT2D eigenvalue weighted by atomic mass is 9.86.